The van der Waals surface area contributed by atoms with Crippen LogP contribution < -0.4 is 5.32 Å². The molecular weight excluding hydrogens is 166 g/mol. The molecule has 0 saturated carbocycles. The summed E-state index contributed by atoms with van der Waals surface area (Å²) in [6.07, 6.45) is 1.39. The Morgan fingerprint density at radius 2 is 2.46 bits per heavy atom. The predicted molar refractivity (Wildman–Crippen MR) is 50.2 cm³/mol. The molecule has 1 saturated heterocycles. The first kappa shape index (κ1) is 10.5. The second kappa shape index (κ2) is 5.92. The number of hydrogen-bond acceptors (Lipinski definition) is 4. The highest BCUT2D eigenvalue weighted by atomic mass is 16.3. The van der Waals surface area contributed by atoms with Crippen molar-refractivity contribution in [2.45, 2.75) is 18.9 Å². The zero-order valence-electron chi connectivity index (χ0n) is 7.87. The van der Waals surface area contributed by atoms with E-state index in [9.17, 15) is 0 Å². The molecule has 0 spiro atoms. The second-order valence-electron chi connectivity index (χ2n) is 3.33. The van der Waals surface area contributed by atoms with Gasteiger partial charge < -0.3 is 10.4 Å². The van der Waals surface area contributed by atoms with Gasteiger partial charge in [0.2, 0.25) is 0 Å². The van der Waals surface area contributed by atoms with Crippen LogP contribution in [-0.4, -0.2) is 48.8 Å². The van der Waals surface area contributed by atoms with Gasteiger partial charge in [0.25, 0.3) is 0 Å². The molecule has 0 bridgehead atoms. The van der Waals surface area contributed by atoms with Crippen molar-refractivity contribution in [3.05, 3.63) is 0 Å². The summed E-state index contributed by atoms with van der Waals surface area (Å²) in [6.45, 7) is 4.03. The molecule has 4 heteroatoms. The smallest absolute Gasteiger partial charge is 0.0638 e. The maximum atomic E-state index is 8.71. The molecule has 1 fully saturated rings. The maximum absolute atomic E-state index is 8.71. The van der Waals surface area contributed by atoms with Crippen molar-refractivity contribution in [3.8, 4) is 6.07 Å². The van der Waals surface area contributed by atoms with Crippen LogP contribution in [-0.2, 0) is 0 Å². The molecule has 74 valence electrons. The van der Waals surface area contributed by atoms with E-state index in [-0.39, 0.29) is 6.61 Å². The predicted octanol–water partition coefficient (Wildman–Crippen LogP) is -0.444. The van der Waals surface area contributed by atoms with Crippen LogP contribution in [0.25, 0.3) is 0 Å². The molecule has 1 atom stereocenters. The van der Waals surface area contributed by atoms with E-state index in [2.05, 4.69) is 16.3 Å². The summed E-state index contributed by atoms with van der Waals surface area (Å²) in [4.78, 5) is 2.29. The topological polar surface area (TPSA) is 59.3 Å². The molecule has 0 radical (unpaired) electrons. The number of aliphatic hydroxyl groups is 1. The maximum Gasteiger partial charge on any atom is 0.0638 e. The summed E-state index contributed by atoms with van der Waals surface area (Å²) in [7, 11) is 0. The molecule has 0 aromatic rings. The molecule has 0 aromatic heterocycles. The lowest BCUT2D eigenvalue weighted by Crippen LogP contribution is -2.51. The molecule has 0 amide bonds. The Bertz CT molecular complexity index is 178. The largest absolute Gasteiger partial charge is 0.396 e. The van der Waals surface area contributed by atoms with Crippen molar-refractivity contribution in [1.29, 1.82) is 5.26 Å². The van der Waals surface area contributed by atoms with E-state index in [1.807, 2.05) is 0 Å². The van der Waals surface area contributed by atoms with Crippen LogP contribution in [0, 0.1) is 11.3 Å². The summed E-state index contributed by atoms with van der Waals surface area (Å²) >= 11 is 0. The fourth-order valence-corrected chi connectivity index (χ4v) is 1.68. The minimum absolute atomic E-state index is 0.239. The van der Waals surface area contributed by atoms with Crippen LogP contribution in [0.4, 0.5) is 0 Å². The van der Waals surface area contributed by atoms with Crippen LogP contribution in [0.5, 0.6) is 0 Å². The van der Waals surface area contributed by atoms with Crippen LogP contribution >= 0.6 is 0 Å². The van der Waals surface area contributed by atoms with Crippen molar-refractivity contribution in [2.75, 3.05) is 32.8 Å². The Hall–Kier alpha value is -0.630. The third-order valence-corrected chi connectivity index (χ3v) is 2.40. The van der Waals surface area contributed by atoms with Crippen LogP contribution in [0.2, 0.25) is 0 Å². The number of nitrogens with zero attached hydrogens (tertiary/aromatic N) is 2. The molecule has 1 rings (SSSR count). The average Bonchev–Trinajstić information content (AvgIpc) is 2.17. The van der Waals surface area contributed by atoms with Gasteiger partial charge >= 0.3 is 0 Å². The van der Waals surface area contributed by atoms with Gasteiger partial charge in [-0.2, -0.15) is 5.26 Å². The number of aliphatic hydroxyl groups excluding tert-OH is 1. The van der Waals surface area contributed by atoms with Gasteiger partial charge in [0.1, 0.15) is 0 Å². The van der Waals surface area contributed by atoms with E-state index in [1.165, 1.54) is 0 Å². The highest BCUT2D eigenvalue weighted by molar-refractivity contribution is 4.87. The SMILES string of the molecule is N#CCC1CNCCN1CCCO. The molecule has 1 unspecified atom stereocenters. The lowest BCUT2D eigenvalue weighted by atomic mass is 10.1. The minimum Gasteiger partial charge on any atom is -0.396 e. The minimum atomic E-state index is 0.239. The van der Waals surface area contributed by atoms with Gasteiger partial charge in [-0.3, -0.25) is 4.90 Å². The fourth-order valence-electron chi connectivity index (χ4n) is 1.68. The molecule has 1 aliphatic rings. The number of nitrogens with one attached hydrogen (secondary N) is 1. The van der Waals surface area contributed by atoms with Gasteiger partial charge in [0.15, 0.2) is 0 Å². The lowest BCUT2D eigenvalue weighted by molar-refractivity contribution is 0.148. The third-order valence-electron chi connectivity index (χ3n) is 2.40. The van der Waals surface area contributed by atoms with Crippen LogP contribution in [0.3, 0.4) is 0 Å². The molecule has 1 aliphatic heterocycles. The monoisotopic (exact) mass is 183 g/mol. The van der Waals surface area contributed by atoms with Crippen molar-refractivity contribution >= 4 is 0 Å². The Labute approximate surface area is 79.1 Å². The van der Waals surface area contributed by atoms with Crippen LogP contribution in [0.15, 0.2) is 0 Å². The zero-order valence-corrected chi connectivity index (χ0v) is 7.87. The molecule has 0 aromatic carbocycles. The lowest BCUT2D eigenvalue weighted by Gasteiger charge is -2.34. The van der Waals surface area contributed by atoms with Crippen molar-refractivity contribution in [2.24, 2.45) is 0 Å². The van der Waals surface area contributed by atoms with Crippen molar-refractivity contribution < 1.29 is 5.11 Å². The van der Waals surface area contributed by atoms with Gasteiger partial charge in [0, 0.05) is 38.8 Å². The Morgan fingerprint density at radius 3 is 3.15 bits per heavy atom. The number of nitriles is 1. The molecule has 13 heavy (non-hydrogen) atoms. The number of piperazine rings is 1. The standard InChI is InChI=1S/C9H17N3O/c10-3-2-9-8-11-4-6-12(9)5-1-7-13/h9,11,13H,1-2,4-8H2. The summed E-state index contributed by atoms with van der Waals surface area (Å²) in [5.74, 6) is 0. The Balaban J connectivity index is 2.33. The fraction of sp³-hybridized carbons (Fsp3) is 0.889. The summed E-state index contributed by atoms with van der Waals surface area (Å²) in [6, 6.07) is 2.54. The highest BCUT2D eigenvalue weighted by Crippen LogP contribution is 2.06. The first-order valence-electron chi connectivity index (χ1n) is 4.81. The van der Waals surface area contributed by atoms with E-state index in [0.717, 1.165) is 32.6 Å². The van der Waals surface area contributed by atoms with Gasteiger partial charge in [0.05, 0.1) is 12.5 Å². The normalized spacial score (nSPS) is 24.2. The first-order valence-corrected chi connectivity index (χ1v) is 4.81. The van der Waals surface area contributed by atoms with Crippen molar-refractivity contribution in [3.63, 3.8) is 0 Å². The van der Waals surface area contributed by atoms with Gasteiger partial charge in [-0.1, -0.05) is 0 Å². The zero-order chi connectivity index (χ0) is 9.52. The Kier molecular flexibility index (Phi) is 4.76. The average molecular weight is 183 g/mol. The Morgan fingerprint density at radius 1 is 1.62 bits per heavy atom. The number of rotatable bonds is 4. The van der Waals surface area contributed by atoms with E-state index in [0.29, 0.717) is 12.5 Å². The van der Waals surface area contributed by atoms with Gasteiger partial charge in [-0.05, 0) is 6.42 Å². The molecule has 0 aliphatic carbocycles. The molecule has 1 heterocycles. The van der Waals surface area contributed by atoms with E-state index in [4.69, 9.17) is 10.4 Å². The third kappa shape index (κ3) is 3.31. The summed E-state index contributed by atoms with van der Waals surface area (Å²) in [5, 5.41) is 20.6. The van der Waals surface area contributed by atoms with E-state index >= 15 is 0 Å². The first-order chi connectivity index (χ1) is 6.38. The highest BCUT2D eigenvalue weighted by Gasteiger charge is 2.20. The molecule has 4 nitrogen and oxygen atoms in total. The van der Waals surface area contributed by atoms with Gasteiger partial charge in [-0.15, -0.1) is 0 Å². The summed E-state index contributed by atoms with van der Waals surface area (Å²) in [5.41, 5.74) is 0. The number of hydrogen-bond donors (Lipinski definition) is 2. The summed E-state index contributed by atoms with van der Waals surface area (Å²) < 4.78 is 0. The molecule has 2 N–H and O–H groups in total. The quantitative estimate of drug-likeness (QED) is 0.620. The van der Waals surface area contributed by atoms with Crippen LogP contribution in [0.1, 0.15) is 12.8 Å². The van der Waals surface area contributed by atoms with Gasteiger partial charge in [-0.25, -0.2) is 0 Å². The second-order valence-corrected chi connectivity index (χ2v) is 3.33. The van der Waals surface area contributed by atoms with E-state index in [1.54, 1.807) is 0 Å². The molecular formula is C9H17N3O. The van der Waals surface area contributed by atoms with Crippen molar-refractivity contribution in [1.82, 2.24) is 10.2 Å². The van der Waals surface area contributed by atoms with E-state index < -0.39 is 0 Å².